The Morgan fingerprint density at radius 1 is 1.07 bits per heavy atom. The minimum absolute atomic E-state index is 0.0121. The van der Waals surface area contributed by atoms with E-state index in [0.29, 0.717) is 38.1 Å². The molecule has 0 bridgehead atoms. The summed E-state index contributed by atoms with van der Waals surface area (Å²) < 4.78 is 24.9. The second kappa shape index (κ2) is 9.86. The molecule has 0 atom stereocenters. The van der Waals surface area contributed by atoms with Gasteiger partial charge < -0.3 is 9.47 Å². The van der Waals surface area contributed by atoms with Gasteiger partial charge in [-0.15, -0.1) is 0 Å². The summed E-state index contributed by atoms with van der Waals surface area (Å²) in [6.07, 6.45) is 1.63. The quantitative estimate of drug-likeness (QED) is 0.282. The highest BCUT2D eigenvalue weighted by Gasteiger charge is 2.14. The Balaban J connectivity index is 1.93. The molecule has 0 unspecified atom stereocenters. The molecule has 0 saturated carbocycles. The van der Waals surface area contributed by atoms with Crippen molar-refractivity contribution in [2.24, 2.45) is 0 Å². The second-order valence-corrected chi connectivity index (χ2v) is 7.46. The van der Waals surface area contributed by atoms with Gasteiger partial charge in [0.15, 0.2) is 11.5 Å². The Kier molecular flexibility index (Phi) is 7.23. The van der Waals surface area contributed by atoms with E-state index in [2.05, 4.69) is 6.07 Å². The summed E-state index contributed by atoms with van der Waals surface area (Å²) in [5.41, 5.74) is 1.87. The molecule has 0 saturated heterocycles. The average Bonchev–Trinajstić information content (AvgIpc) is 2.72. The molecule has 3 aromatic carbocycles. The lowest BCUT2D eigenvalue weighted by Gasteiger charge is -2.14. The molecule has 0 heterocycles. The highest BCUT2D eigenvalue weighted by atomic mass is 35.5. The first-order valence-corrected chi connectivity index (χ1v) is 9.87. The fourth-order valence-corrected chi connectivity index (χ4v) is 3.56. The van der Waals surface area contributed by atoms with Crippen molar-refractivity contribution in [2.45, 2.75) is 6.61 Å². The van der Waals surface area contributed by atoms with Gasteiger partial charge in [0.1, 0.15) is 12.4 Å². The van der Waals surface area contributed by atoms with Crippen LogP contribution < -0.4 is 9.47 Å². The van der Waals surface area contributed by atoms with Gasteiger partial charge in [-0.2, -0.15) is 5.26 Å². The molecule has 7 heteroatoms. The largest absolute Gasteiger partial charge is 0.493 e. The van der Waals surface area contributed by atoms with Gasteiger partial charge in [-0.3, -0.25) is 0 Å². The molecule has 0 amide bonds. The zero-order valence-corrected chi connectivity index (χ0v) is 18.0. The fourth-order valence-electron chi connectivity index (χ4n) is 2.77. The number of nitrogens with zero attached hydrogens (tertiary/aromatic N) is 1. The van der Waals surface area contributed by atoms with E-state index in [9.17, 15) is 9.65 Å². The van der Waals surface area contributed by atoms with Crippen molar-refractivity contribution in [1.82, 2.24) is 0 Å². The van der Waals surface area contributed by atoms with Crippen LogP contribution in [0.1, 0.15) is 16.7 Å². The van der Waals surface area contributed by atoms with E-state index in [0.717, 1.165) is 0 Å². The molecular formula is C23H15Cl3FNO2. The van der Waals surface area contributed by atoms with E-state index >= 15 is 0 Å². The lowest BCUT2D eigenvalue weighted by Crippen LogP contribution is -2.01. The number of allylic oxidation sites excluding steroid dienone is 1. The van der Waals surface area contributed by atoms with Gasteiger partial charge in [0, 0.05) is 16.1 Å². The third-order valence-electron chi connectivity index (χ3n) is 4.23. The van der Waals surface area contributed by atoms with Crippen LogP contribution in [0.4, 0.5) is 4.39 Å². The average molecular weight is 463 g/mol. The van der Waals surface area contributed by atoms with E-state index in [1.165, 1.54) is 13.2 Å². The fraction of sp³-hybridized carbons (Fsp3) is 0.0870. The van der Waals surface area contributed by atoms with Crippen LogP contribution in [0.3, 0.4) is 0 Å². The van der Waals surface area contributed by atoms with E-state index in [1.807, 2.05) is 0 Å². The number of hydrogen-bond acceptors (Lipinski definition) is 3. The molecule has 0 aliphatic rings. The summed E-state index contributed by atoms with van der Waals surface area (Å²) >= 11 is 18.5. The summed E-state index contributed by atoms with van der Waals surface area (Å²) in [6.45, 7) is -0.0121. The van der Waals surface area contributed by atoms with Crippen molar-refractivity contribution in [2.75, 3.05) is 7.11 Å². The number of hydrogen-bond donors (Lipinski definition) is 0. The Morgan fingerprint density at radius 3 is 2.50 bits per heavy atom. The molecule has 152 valence electrons. The van der Waals surface area contributed by atoms with Crippen molar-refractivity contribution in [1.29, 1.82) is 5.26 Å². The van der Waals surface area contributed by atoms with Crippen LogP contribution in [0.2, 0.25) is 15.1 Å². The van der Waals surface area contributed by atoms with Gasteiger partial charge in [-0.1, -0.05) is 59.1 Å². The van der Waals surface area contributed by atoms with E-state index in [1.54, 1.807) is 54.6 Å². The van der Waals surface area contributed by atoms with Crippen molar-refractivity contribution >= 4 is 46.5 Å². The minimum atomic E-state index is -0.370. The van der Waals surface area contributed by atoms with Crippen molar-refractivity contribution in [3.05, 3.63) is 92.2 Å². The number of methoxy groups -OCH3 is 1. The summed E-state index contributed by atoms with van der Waals surface area (Å²) in [5.74, 6) is 0.262. The zero-order chi connectivity index (χ0) is 21.7. The van der Waals surface area contributed by atoms with Gasteiger partial charge in [-0.05, 0) is 42.0 Å². The van der Waals surface area contributed by atoms with Crippen molar-refractivity contribution < 1.29 is 13.9 Å². The molecule has 0 radical (unpaired) electrons. The van der Waals surface area contributed by atoms with Crippen LogP contribution >= 0.6 is 34.8 Å². The number of ether oxygens (including phenoxy) is 2. The van der Waals surface area contributed by atoms with Crippen LogP contribution in [-0.2, 0) is 6.61 Å². The van der Waals surface area contributed by atoms with Crippen LogP contribution in [0.15, 0.2) is 54.6 Å². The predicted octanol–water partition coefficient (Wildman–Crippen LogP) is 7.44. The Hall–Kier alpha value is -2.71. The molecule has 3 nitrogen and oxygen atoms in total. The van der Waals surface area contributed by atoms with Crippen LogP contribution in [0.5, 0.6) is 11.5 Å². The monoisotopic (exact) mass is 461 g/mol. The van der Waals surface area contributed by atoms with Gasteiger partial charge in [0.25, 0.3) is 0 Å². The minimum Gasteiger partial charge on any atom is -0.493 e. The van der Waals surface area contributed by atoms with Crippen LogP contribution in [0, 0.1) is 17.1 Å². The molecule has 0 aliphatic carbocycles. The maximum atomic E-state index is 13.8. The van der Waals surface area contributed by atoms with Gasteiger partial charge in [-0.25, -0.2) is 4.39 Å². The van der Waals surface area contributed by atoms with E-state index in [-0.39, 0.29) is 23.2 Å². The third-order valence-corrected chi connectivity index (χ3v) is 5.06. The highest BCUT2D eigenvalue weighted by Crippen LogP contribution is 2.38. The maximum Gasteiger partial charge on any atom is 0.180 e. The molecule has 0 aliphatic heterocycles. The van der Waals surface area contributed by atoms with E-state index < -0.39 is 0 Å². The SMILES string of the molecule is COc1cc(/C=C(\C#N)c2ccc(Cl)cc2Cl)cc(Cl)c1OCc1ccccc1F. The molecule has 0 N–H and O–H groups in total. The number of halogens is 4. The molecule has 30 heavy (non-hydrogen) atoms. The molecular weight excluding hydrogens is 448 g/mol. The highest BCUT2D eigenvalue weighted by molar-refractivity contribution is 6.36. The summed E-state index contributed by atoms with van der Waals surface area (Å²) in [6, 6.07) is 16.6. The normalized spacial score (nSPS) is 11.1. The molecule has 3 rings (SSSR count). The standard InChI is InChI=1S/C23H15Cl3FNO2/c1-29-22-10-14(8-16(12-28)18-7-6-17(24)11-19(18)25)9-20(26)23(22)30-13-15-4-2-3-5-21(15)27/h2-11H,13H2,1H3/b16-8+. The second-order valence-electron chi connectivity index (χ2n) is 6.21. The lowest BCUT2D eigenvalue weighted by atomic mass is 10.0. The summed E-state index contributed by atoms with van der Waals surface area (Å²) in [5, 5.41) is 10.7. The molecule has 0 spiro atoms. The van der Waals surface area contributed by atoms with Crippen LogP contribution in [0.25, 0.3) is 11.6 Å². The van der Waals surface area contributed by atoms with Gasteiger partial charge in [0.2, 0.25) is 0 Å². The zero-order valence-electron chi connectivity index (χ0n) is 15.8. The number of rotatable bonds is 6. The summed E-state index contributed by atoms with van der Waals surface area (Å²) in [7, 11) is 1.47. The third kappa shape index (κ3) is 5.06. The van der Waals surface area contributed by atoms with Crippen LogP contribution in [-0.4, -0.2) is 7.11 Å². The Labute approximate surface area is 188 Å². The first kappa shape index (κ1) is 22.0. The summed E-state index contributed by atoms with van der Waals surface area (Å²) in [4.78, 5) is 0. The predicted molar refractivity (Wildman–Crippen MR) is 119 cm³/mol. The maximum absolute atomic E-state index is 13.8. The Morgan fingerprint density at radius 2 is 1.83 bits per heavy atom. The Bertz CT molecular complexity index is 1160. The van der Waals surface area contributed by atoms with Crippen molar-refractivity contribution in [3.63, 3.8) is 0 Å². The van der Waals surface area contributed by atoms with Crippen molar-refractivity contribution in [3.8, 4) is 17.6 Å². The number of nitriles is 1. The molecule has 0 aromatic heterocycles. The van der Waals surface area contributed by atoms with Gasteiger partial charge in [0.05, 0.1) is 28.8 Å². The first-order chi connectivity index (χ1) is 14.4. The topological polar surface area (TPSA) is 42.2 Å². The smallest absolute Gasteiger partial charge is 0.180 e. The first-order valence-electron chi connectivity index (χ1n) is 8.74. The lowest BCUT2D eigenvalue weighted by molar-refractivity contribution is 0.280. The van der Waals surface area contributed by atoms with E-state index in [4.69, 9.17) is 44.3 Å². The number of benzene rings is 3. The van der Waals surface area contributed by atoms with Gasteiger partial charge >= 0.3 is 0 Å². The molecule has 0 fully saturated rings. The molecule has 3 aromatic rings.